The van der Waals surface area contributed by atoms with Crippen molar-refractivity contribution in [2.45, 2.75) is 34.1 Å². The van der Waals surface area contributed by atoms with Gasteiger partial charge in [0.25, 0.3) is 0 Å². The van der Waals surface area contributed by atoms with E-state index in [9.17, 15) is 0 Å². The lowest BCUT2D eigenvalue weighted by Crippen LogP contribution is -2.02. The topological polar surface area (TPSA) is 35.6 Å². The Kier molecular flexibility index (Phi) is 7.74. The molecule has 0 atom stereocenters. The van der Waals surface area contributed by atoms with Gasteiger partial charge in [-0.1, -0.05) is 103 Å². The molecule has 6 aromatic carbocycles. The first-order valence-electron chi connectivity index (χ1n) is 19.1. The summed E-state index contributed by atoms with van der Waals surface area (Å²) in [7, 11) is 0. The molecule has 4 aromatic heterocycles. The van der Waals surface area contributed by atoms with Crippen molar-refractivity contribution in [3.8, 4) is 45.0 Å². The van der Waals surface area contributed by atoms with E-state index < -0.39 is 0 Å². The highest BCUT2D eigenvalue weighted by Crippen LogP contribution is 2.39. The van der Waals surface area contributed by atoms with Crippen LogP contribution in [0.2, 0.25) is 0 Å². The predicted molar refractivity (Wildman–Crippen MR) is 231 cm³/mol. The Morgan fingerprint density at radius 3 is 1.84 bits per heavy atom. The summed E-state index contributed by atoms with van der Waals surface area (Å²) in [5, 5.41) is 5.05. The Hall–Kier alpha value is -6.78. The number of nitrogens with zero attached hydrogens (tertiary/aromatic N) is 4. The van der Waals surface area contributed by atoms with Crippen molar-refractivity contribution in [3.05, 3.63) is 180 Å². The first-order valence-corrected chi connectivity index (χ1v) is 19.1. The van der Waals surface area contributed by atoms with Crippen LogP contribution in [0.3, 0.4) is 0 Å². The maximum absolute atomic E-state index is 5.31. The van der Waals surface area contributed by atoms with E-state index in [0.29, 0.717) is 0 Å². The van der Waals surface area contributed by atoms with Gasteiger partial charge in [0.1, 0.15) is 0 Å². The minimum Gasteiger partial charge on any atom is -0.309 e. The molecule has 4 heterocycles. The third-order valence-corrected chi connectivity index (χ3v) is 11.3. The van der Waals surface area contributed by atoms with E-state index in [-0.39, 0.29) is 0 Å². The van der Waals surface area contributed by atoms with Gasteiger partial charge in [0.2, 0.25) is 0 Å². The molecule has 0 aliphatic heterocycles. The van der Waals surface area contributed by atoms with Crippen LogP contribution in [0.15, 0.2) is 158 Å². The summed E-state index contributed by atoms with van der Waals surface area (Å²) < 4.78 is 4.78. The van der Waals surface area contributed by atoms with Crippen LogP contribution in [0.5, 0.6) is 0 Å². The maximum Gasteiger partial charge on any atom is 0.0729 e. The van der Waals surface area contributed by atoms with Gasteiger partial charge in [-0.2, -0.15) is 0 Å². The van der Waals surface area contributed by atoms with Gasteiger partial charge in [-0.3, -0.25) is 9.97 Å². The van der Waals surface area contributed by atoms with Crippen LogP contribution in [0.1, 0.15) is 29.3 Å². The number of hydrogen-bond donors (Lipinski definition) is 0. The van der Waals surface area contributed by atoms with E-state index in [1.54, 1.807) is 0 Å². The molecule has 55 heavy (non-hydrogen) atoms. The molecule has 0 saturated carbocycles. The van der Waals surface area contributed by atoms with Crippen LogP contribution in [-0.2, 0) is 6.42 Å². The Balaban J connectivity index is 1.03. The molecule has 0 amide bonds. The average Bonchev–Trinajstić information content (AvgIpc) is 3.73. The Morgan fingerprint density at radius 2 is 1.16 bits per heavy atom. The van der Waals surface area contributed by atoms with Gasteiger partial charge in [-0.05, 0) is 99.0 Å². The highest BCUT2D eigenvalue weighted by Gasteiger charge is 2.19. The van der Waals surface area contributed by atoms with Crippen molar-refractivity contribution < 1.29 is 0 Å². The molecule has 0 saturated heterocycles. The van der Waals surface area contributed by atoms with Crippen LogP contribution in [0.25, 0.3) is 88.6 Å². The van der Waals surface area contributed by atoms with E-state index in [0.717, 1.165) is 51.6 Å². The maximum atomic E-state index is 5.31. The van der Waals surface area contributed by atoms with Crippen LogP contribution in [0, 0.1) is 20.8 Å². The number of pyridine rings is 2. The summed E-state index contributed by atoms with van der Waals surface area (Å²) in [6, 6.07) is 54.9. The van der Waals surface area contributed by atoms with Crippen LogP contribution in [0.4, 0.5) is 0 Å². The number of fused-ring (bicyclic) bond motifs is 6. The number of hydrogen-bond acceptors (Lipinski definition) is 2. The molecule has 264 valence electrons. The predicted octanol–water partition coefficient (Wildman–Crippen LogP) is 13.2. The average molecular weight is 709 g/mol. The van der Waals surface area contributed by atoms with Gasteiger partial charge in [-0.15, -0.1) is 0 Å². The molecule has 4 heteroatoms. The van der Waals surface area contributed by atoms with E-state index in [1.807, 2.05) is 6.20 Å². The fraction of sp³-hybridized carbons (Fsp3) is 0.0980. The minimum absolute atomic E-state index is 0.908. The zero-order valence-corrected chi connectivity index (χ0v) is 31.5. The second kappa shape index (κ2) is 13.0. The van der Waals surface area contributed by atoms with Gasteiger partial charge in [0, 0.05) is 61.4 Å². The first-order chi connectivity index (χ1) is 27.0. The Labute approximate surface area is 321 Å². The van der Waals surface area contributed by atoms with Crippen molar-refractivity contribution >= 4 is 43.6 Å². The van der Waals surface area contributed by atoms with Crippen molar-refractivity contribution in [2.24, 2.45) is 0 Å². The van der Waals surface area contributed by atoms with Crippen LogP contribution >= 0.6 is 0 Å². The molecule has 0 fully saturated rings. The molecule has 0 bridgehead atoms. The Bertz CT molecular complexity index is 3050. The number of aromatic nitrogens is 4. The normalized spacial score (nSPS) is 11.7. The monoisotopic (exact) mass is 708 g/mol. The molecule has 10 rings (SSSR count). The van der Waals surface area contributed by atoms with Gasteiger partial charge >= 0.3 is 0 Å². The summed E-state index contributed by atoms with van der Waals surface area (Å²) in [5.41, 5.74) is 18.2. The first kappa shape index (κ1) is 32.8. The fourth-order valence-electron chi connectivity index (χ4n) is 8.65. The van der Waals surface area contributed by atoms with Gasteiger partial charge in [0.05, 0.1) is 39.1 Å². The zero-order valence-electron chi connectivity index (χ0n) is 31.5. The van der Waals surface area contributed by atoms with E-state index >= 15 is 0 Å². The third kappa shape index (κ3) is 5.28. The summed E-state index contributed by atoms with van der Waals surface area (Å²) in [6.07, 6.45) is 2.91. The van der Waals surface area contributed by atoms with Crippen LogP contribution in [-0.4, -0.2) is 19.1 Å². The van der Waals surface area contributed by atoms with Gasteiger partial charge in [-0.25, -0.2) is 0 Å². The highest BCUT2D eigenvalue weighted by atomic mass is 15.0. The lowest BCUT2D eigenvalue weighted by atomic mass is 9.97. The SMILES string of the molecule is CCc1cccc(-n2c3ccccc3c3ccccc32)c1-c1ccc(-c2ccc(-c3cc(-n4c5ccccc5c5cc(C)ccc54)ccc3C)nc2)c(C)n1. The largest absolute Gasteiger partial charge is 0.309 e. The third-order valence-electron chi connectivity index (χ3n) is 11.3. The molecule has 0 N–H and O–H groups in total. The number of rotatable bonds is 6. The lowest BCUT2D eigenvalue weighted by molar-refractivity contribution is 1.09. The second-order valence-electron chi connectivity index (χ2n) is 14.7. The van der Waals surface area contributed by atoms with Crippen LogP contribution < -0.4 is 0 Å². The standard InChI is InChI=1S/C51H40N4/c1-5-35-13-12-20-50(55-47-18-10-6-14-39(47)40-15-7-11-19-48(40)55)51(35)45-27-25-38(34(4)53-45)36-23-26-44(52-31-36)42-30-37(24-22-33(42)3)54-46-17-9-8-16-41(46)43-29-32(2)21-28-49(43)54/h6-31H,5H2,1-4H3. The van der Waals surface area contributed by atoms with Gasteiger partial charge < -0.3 is 9.13 Å². The molecule has 0 spiro atoms. The molecular weight excluding hydrogens is 669 g/mol. The minimum atomic E-state index is 0.908. The van der Waals surface area contributed by atoms with Crippen molar-refractivity contribution in [2.75, 3.05) is 0 Å². The van der Waals surface area contributed by atoms with E-state index in [2.05, 4.69) is 188 Å². The molecule has 0 radical (unpaired) electrons. The van der Waals surface area contributed by atoms with Gasteiger partial charge in [0.15, 0.2) is 0 Å². The summed E-state index contributed by atoms with van der Waals surface area (Å²) in [6.45, 7) is 8.66. The second-order valence-corrected chi connectivity index (χ2v) is 14.7. The number of para-hydroxylation sites is 3. The molecule has 0 aliphatic rings. The highest BCUT2D eigenvalue weighted by molar-refractivity contribution is 6.10. The fourth-order valence-corrected chi connectivity index (χ4v) is 8.65. The zero-order chi connectivity index (χ0) is 37.2. The van der Waals surface area contributed by atoms with Crippen molar-refractivity contribution in [1.82, 2.24) is 19.1 Å². The molecule has 10 aromatic rings. The Morgan fingerprint density at radius 1 is 0.509 bits per heavy atom. The molecule has 0 unspecified atom stereocenters. The number of benzene rings is 6. The quantitative estimate of drug-likeness (QED) is 0.172. The summed E-state index contributed by atoms with van der Waals surface area (Å²) in [5.74, 6) is 0. The molecule has 0 aliphatic carbocycles. The van der Waals surface area contributed by atoms with E-state index in [1.165, 1.54) is 65.9 Å². The molecule has 4 nitrogen and oxygen atoms in total. The van der Waals surface area contributed by atoms with E-state index in [4.69, 9.17) is 9.97 Å². The van der Waals surface area contributed by atoms with Crippen molar-refractivity contribution in [1.29, 1.82) is 0 Å². The molecular formula is C51H40N4. The summed E-state index contributed by atoms with van der Waals surface area (Å²) >= 11 is 0. The summed E-state index contributed by atoms with van der Waals surface area (Å²) in [4.78, 5) is 10.4. The smallest absolute Gasteiger partial charge is 0.0729 e. The number of aryl methyl sites for hydroxylation is 4. The lowest BCUT2D eigenvalue weighted by Gasteiger charge is -2.18. The van der Waals surface area contributed by atoms with Crippen molar-refractivity contribution in [3.63, 3.8) is 0 Å².